The molecule has 0 aromatic heterocycles. The van der Waals surface area contributed by atoms with E-state index in [1.165, 1.54) is 283 Å². The fraction of sp³-hybridized carbons (Fsp3) is 0.909. The van der Waals surface area contributed by atoms with E-state index < -0.39 is 26.5 Å². The van der Waals surface area contributed by atoms with Gasteiger partial charge in [0, 0.05) is 19.4 Å². The van der Waals surface area contributed by atoms with Gasteiger partial charge in [-0.15, -0.1) is 0 Å². The van der Waals surface area contributed by atoms with Crippen molar-refractivity contribution in [2.75, 3.05) is 26.4 Å². The van der Waals surface area contributed by atoms with Gasteiger partial charge in [0.15, 0.2) is 6.10 Å². The number of phosphoric acid groups is 1. The van der Waals surface area contributed by atoms with Crippen LogP contribution < -0.4 is 5.73 Å². The largest absolute Gasteiger partial charge is 0.472 e. The van der Waals surface area contributed by atoms with Crippen LogP contribution in [0.2, 0.25) is 0 Å². The molecule has 0 aliphatic rings. The third-order valence-corrected chi connectivity index (χ3v) is 16.1. The number of hydrogen-bond acceptors (Lipinski definition) is 8. The zero-order valence-corrected chi connectivity index (χ0v) is 51.4. The summed E-state index contributed by atoms with van der Waals surface area (Å²) in [6.07, 6.45) is 75.6. The summed E-state index contributed by atoms with van der Waals surface area (Å²) in [4.78, 5) is 35.2. The summed E-state index contributed by atoms with van der Waals surface area (Å²) in [6, 6.07) is 0. The summed E-state index contributed by atoms with van der Waals surface area (Å²) in [5, 5.41) is 0. The third-order valence-electron chi connectivity index (χ3n) is 15.1. The van der Waals surface area contributed by atoms with Crippen LogP contribution in [0.25, 0.3) is 0 Å². The Kier molecular flexibility index (Phi) is 61.4. The molecular formula is C66H128NO8P. The van der Waals surface area contributed by atoms with Crippen LogP contribution in [-0.2, 0) is 32.7 Å². The minimum absolute atomic E-state index is 0.0574. The Morgan fingerprint density at radius 1 is 0.395 bits per heavy atom. The van der Waals surface area contributed by atoms with Gasteiger partial charge in [-0.2, -0.15) is 0 Å². The molecule has 0 radical (unpaired) electrons. The minimum Gasteiger partial charge on any atom is -0.462 e. The van der Waals surface area contributed by atoms with Crippen molar-refractivity contribution in [3.8, 4) is 0 Å². The van der Waals surface area contributed by atoms with Gasteiger partial charge in [-0.25, -0.2) is 4.57 Å². The van der Waals surface area contributed by atoms with Crippen LogP contribution in [0.3, 0.4) is 0 Å². The molecule has 0 saturated carbocycles. The molecule has 0 spiro atoms. The molecule has 0 aromatic rings. The van der Waals surface area contributed by atoms with Crippen molar-refractivity contribution in [2.45, 2.75) is 360 Å². The lowest BCUT2D eigenvalue weighted by Gasteiger charge is -2.19. The van der Waals surface area contributed by atoms with E-state index in [0.717, 1.165) is 38.5 Å². The molecule has 3 N–H and O–H groups in total. The molecule has 0 aliphatic heterocycles. The maximum absolute atomic E-state index is 12.7. The van der Waals surface area contributed by atoms with Crippen molar-refractivity contribution in [3.63, 3.8) is 0 Å². The number of rotatable bonds is 64. The Balaban J connectivity index is 3.77. The third kappa shape index (κ3) is 61.7. The molecule has 0 fully saturated rings. The lowest BCUT2D eigenvalue weighted by molar-refractivity contribution is -0.161. The SMILES string of the molecule is CCCCCCC/C=C\C/C=C\CCCCCCCCCCCCCCCCCCCCCCCCCCCC(=O)OC(COC(=O)CCCCCCCCCCCCCCCCCCCC)COP(=O)(O)OCCN. The summed E-state index contributed by atoms with van der Waals surface area (Å²) in [7, 11) is -4.38. The van der Waals surface area contributed by atoms with Gasteiger partial charge in [0.25, 0.3) is 0 Å². The summed E-state index contributed by atoms with van der Waals surface area (Å²) in [5.74, 6) is -0.804. The molecule has 2 atom stereocenters. The highest BCUT2D eigenvalue weighted by molar-refractivity contribution is 7.47. The predicted molar refractivity (Wildman–Crippen MR) is 326 cm³/mol. The molecule has 76 heavy (non-hydrogen) atoms. The van der Waals surface area contributed by atoms with Crippen molar-refractivity contribution in [1.29, 1.82) is 0 Å². The van der Waals surface area contributed by atoms with Crippen LogP contribution in [-0.4, -0.2) is 49.3 Å². The van der Waals surface area contributed by atoms with Crippen LogP contribution >= 0.6 is 7.82 Å². The quantitative estimate of drug-likeness (QED) is 0.0264. The van der Waals surface area contributed by atoms with Crippen molar-refractivity contribution < 1.29 is 37.6 Å². The molecule has 0 amide bonds. The van der Waals surface area contributed by atoms with E-state index >= 15 is 0 Å². The molecular weight excluding hydrogens is 966 g/mol. The standard InChI is InChI=1S/C66H128NO8P/c1-3-5-7-9-11-13-15-17-19-21-23-24-25-26-27-28-29-30-31-32-33-34-35-36-37-38-39-40-41-43-45-47-49-51-53-55-57-59-66(69)75-64(63-74-76(70,71)73-61-60-67)62-72-65(68)58-56-54-52-50-48-46-44-42-22-20-18-16-14-12-10-8-6-4-2/h15,17,21,23,64H,3-14,16,18-20,22,24-63,67H2,1-2H3,(H,70,71)/b17-15-,23-21-. The number of hydrogen-bond donors (Lipinski definition) is 2. The van der Waals surface area contributed by atoms with E-state index in [9.17, 15) is 19.0 Å². The van der Waals surface area contributed by atoms with Crippen molar-refractivity contribution >= 4 is 19.8 Å². The number of carbonyl (C=O) groups is 2. The van der Waals surface area contributed by atoms with Crippen molar-refractivity contribution in [2.24, 2.45) is 5.73 Å². The Morgan fingerprint density at radius 3 is 1.00 bits per heavy atom. The number of carbonyl (C=O) groups excluding carboxylic acids is 2. The maximum Gasteiger partial charge on any atom is 0.472 e. The average molecular weight is 1090 g/mol. The van der Waals surface area contributed by atoms with Gasteiger partial charge in [-0.05, 0) is 44.9 Å². The summed E-state index contributed by atoms with van der Waals surface area (Å²) < 4.78 is 33.1. The number of phosphoric ester groups is 1. The van der Waals surface area contributed by atoms with Crippen LogP contribution in [0.4, 0.5) is 0 Å². The first-order valence-corrected chi connectivity index (χ1v) is 34.8. The summed E-state index contributed by atoms with van der Waals surface area (Å²) >= 11 is 0. The molecule has 2 unspecified atom stereocenters. The van der Waals surface area contributed by atoms with Gasteiger partial charge in [0.05, 0.1) is 13.2 Å². The smallest absolute Gasteiger partial charge is 0.462 e. The fourth-order valence-corrected chi connectivity index (χ4v) is 10.9. The maximum atomic E-state index is 12.7. The minimum atomic E-state index is -4.38. The normalized spacial score (nSPS) is 13.1. The molecule has 0 aliphatic carbocycles. The number of ether oxygens (including phenoxy) is 2. The van der Waals surface area contributed by atoms with E-state index in [1.807, 2.05) is 0 Å². The molecule has 0 rings (SSSR count). The Bertz CT molecular complexity index is 1290. The fourth-order valence-electron chi connectivity index (χ4n) is 10.1. The van der Waals surface area contributed by atoms with Crippen molar-refractivity contribution in [1.82, 2.24) is 0 Å². The first kappa shape index (κ1) is 74.5. The van der Waals surface area contributed by atoms with Gasteiger partial charge < -0.3 is 20.1 Å². The molecule has 0 saturated heterocycles. The van der Waals surface area contributed by atoms with Gasteiger partial charge in [0.1, 0.15) is 6.61 Å². The molecule has 0 aromatic carbocycles. The second-order valence-corrected chi connectivity index (χ2v) is 24.2. The highest BCUT2D eigenvalue weighted by atomic mass is 31.2. The Morgan fingerprint density at radius 2 is 0.684 bits per heavy atom. The lowest BCUT2D eigenvalue weighted by Crippen LogP contribution is -2.29. The highest BCUT2D eigenvalue weighted by Crippen LogP contribution is 2.43. The second kappa shape index (κ2) is 62.7. The van der Waals surface area contributed by atoms with Gasteiger partial charge in [0.2, 0.25) is 0 Å². The number of unbranched alkanes of at least 4 members (excludes halogenated alkanes) is 47. The topological polar surface area (TPSA) is 134 Å². The zero-order chi connectivity index (χ0) is 55.2. The second-order valence-electron chi connectivity index (χ2n) is 22.7. The van der Waals surface area contributed by atoms with Gasteiger partial charge in [-0.1, -0.05) is 321 Å². The molecule has 0 bridgehead atoms. The van der Waals surface area contributed by atoms with Crippen molar-refractivity contribution in [3.05, 3.63) is 24.3 Å². The Labute approximate surface area is 472 Å². The van der Waals surface area contributed by atoms with Gasteiger partial charge >= 0.3 is 19.8 Å². The van der Waals surface area contributed by atoms with E-state index in [1.54, 1.807) is 0 Å². The molecule has 450 valence electrons. The van der Waals surface area contributed by atoms with E-state index in [-0.39, 0.29) is 38.6 Å². The summed E-state index contributed by atoms with van der Waals surface area (Å²) in [6.45, 7) is 3.81. The van der Waals surface area contributed by atoms with Crippen LogP contribution in [0.15, 0.2) is 24.3 Å². The van der Waals surface area contributed by atoms with Crippen LogP contribution in [0.5, 0.6) is 0 Å². The zero-order valence-electron chi connectivity index (χ0n) is 50.5. The van der Waals surface area contributed by atoms with Crippen LogP contribution in [0, 0.1) is 0 Å². The predicted octanol–water partition coefficient (Wildman–Crippen LogP) is 21.4. The van der Waals surface area contributed by atoms with E-state index in [2.05, 4.69) is 38.2 Å². The monoisotopic (exact) mass is 1090 g/mol. The van der Waals surface area contributed by atoms with Gasteiger partial charge in [-0.3, -0.25) is 18.6 Å². The lowest BCUT2D eigenvalue weighted by atomic mass is 10.0. The highest BCUT2D eigenvalue weighted by Gasteiger charge is 2.26. The molecule has 0 heterocycles. The first-order valence-electron chi connectivity index (χ1n) is 33.3. The number of allylic oxidation sites excluding steroid dienone is 4. The number of esters is 2. The first-order chi connectivity index (χ1) is 37.3. The Hall–Kier alpha value is -1.51. The van der Waals surface area contributed by atoms with E-state index in [4.69, 9.17) is 24.3 Å². The average Bonchev–Trinajstić information content (AvgIpc) is 3.41. The molecule has 10 heteroatoms. The number of nitrogens with two attached hydrogens (primary N) is 1. The van der Waals surface area contributed by atoms with Crippen LogP contribution in [0.1, 0.15) is 354 Å². The summed E-state index contributed by atoms with van der Waals surface area (Å²) in [5.41, 5.74) is 5.39. The molecule has 9 nitrogen and oxygen atoms in total. The van der Waals surface area contributed by atoms with E-state index in [0.29, 0.717) is 6.42 Å².